The minimum absolute atomic E-state index is 0.0297. The SMILES string of the molecule is CCCC/C=C/CCCC[N+](CCCC(=O)[O-])(CCCC(=O)O)CCCC(=O)O. The third-order valence-electron chi connectivity index (χ3n) is 5.20. The summed E-state index contributed by atoms with van der Waals surface area (Å²) < 4.78 is 0.591. The Morgan fingerprint density at radius 1 is 0.724 bits per heavy atom. The van der Waals surface area contributed by atoms with Crippen LogP contribution in [-0.4, -0.2) is 58.8 Å². The van der Waals surface area contributed by atoms with Crippen LogP contribution in [0.4, 0.5) is 0 Å². The molecule has 7 nitrogen and oxygen atoms in total. The molecule has 0 aromatic rings. The van der Waals surface area contributed by atoms with Crippen LogP contribution in [0.3, 0.4) is 0 Å². The fourth-order valence-corrected chi connectivity index (χ4v) is 3.63. The van der Waals surface area contributed by atoms with E-state index in [-0.39, 0.29) is 19.3 Å². The van der Waals surface area contributed by atoms with Crippen molar-refractivity contribution in [1.82, 2.24) is 0 Å². The van der Waals surface area contributed by atoms with E-state index < -0.39 is 17.9 Å². The van der Waals surface area contributed by atoms with Crippen LogP contribution in [0.2, 0.25) is 0 Å². The van der Waals surface area contributed by atoms with E-state index in [2.05, 4.69) is 19.1 Å². The zero-order valence-electron chi connectivity index (χ0n) is 17.9. The van der Waals surface area contributed by atoms with Crippen LogP contribution in [0.15, 0.2) is 12.2 Å². The summed E-state index contributed by atoms with van der Waals surface area (Å²) in [6.07, 6.45) is 12.4. The number of hydrogen-bond donors (Lipinski definition) is 2. The van der Waals surface area contributed by atoms with Crippen molar-refractivity contribution in [2.24, 2.45) is 0 Å². The van der Waals surface area contributed by atoms with Crippen LogP contribution < -0.4 is 5.11 Å². The maximum absolute atomic E-state index is 10.9. The molecule has 7 heteroatoms. The molecule has 0 aromatic heterocycles. The van der Waals surface area contributed by atoms with Crippen LogP contribution in [0, 0.1) is 0 Å². The molecule has 0 atom stereocenters. The molecule has 0 saturated heterocycles. The molecule has 29 heavy (non-hydrogen) atoms. The Bertz CT molecular complexity index is 453. The predicted octanol–water partition coefficient (Wildman–Crippen LogP) is 2.98. The van der Waals surface area contributed by atoms with Crippen molar-refractivity contribution in [2.75, 3.05) is 26.2 Å². The number of rotatable bonds is 20. The van der Waals surface area contributed by atoms with Gasteiger partial charge < -0.3 is 24.6 Å². The smallest absolute Gasteiger partial charge is 0.303 e. The highest BCUT2D eigenvalue weighted by Crippen LogP contribution is 2.17. The average molecular weight is 414 g/mol. The zero-order valence-corrected chi connectivity index (χ0v) is 17.9. The summed E-state index contributed by atoms with van der Waals surface area (Å²) in [7, 11) is 0. The summed E-state index contributed by atoms with van der Waals surface area (Å²) in [6, 6.07) is 0. The lowest BCUT2D eigenvalue weighted by Crippen LogP contribution is -2.51. The number of carboxylic acid groups (broad SMARTS) is 3. The Hall–Kier alpha value is -1.89. The van der Waals surface area contributed by atoms with Gasteiger partial charge in [-0.2, -0.15) is 0 Å². The van der Waals surface area contributed by atoms with Crippen molar-refractivity contribution in [1.29, 1.82) is 0 Å². The van der Waals surface area contributed by atoms with Gasteiger partial charge in [-0.1, -0.05) is 31.9 Å². The van der Waals surface area contributed by atoms with Gasteiger partial charge in [-0.25, -0.2) is 0 Å². The summed E-state index contributed by atoms with van der Waals surface area (Å²) in [5, 5.41) is 28.7. The topological polar surface area (TPSA) is 115 Å². The molecule has 0 rings (SSSR count). The number of nitrogens with zero attached hydrogens (tertiary/aromatic N) is 1. The maximum Gasteiger partial charge on any atom is 0.303 e. The van der Waals surface area contributed by atoms with Crippen molar-refractivity contribution in [3.05, 3.63) is 12.2 Å². The molecule has 0 bridgehead atoms. The Balaban J connectivity index is 4.83. The van der Waals surface area contributed by atoms with E-state index in [1.54, 1.807) is 0 Å². The maximum atomic E-state index is 10.9. The molecular weight excluding hydrogens is 374 g/mol. The molecule has 168 valence electrons. The number of carbonyl (C=O) groups excluding carboxylic acids is 1. The number of carboxylic acids is 3. The number of carbonyl (C=O) groups is 3. The van der Waals surface area contributed by atoms with Crippen molar-refractivity contribution in [3.63, 3.8) is 0 Å². The largest absolute Gasteiger partial charge is 0.550 e. The van der Waals surface area contributed by atoms with Crippen molar-refractivity contribution in [3.8, 4) is 0 Å². The Morgan fingerprint density at radius 2 is 1.17 bits per heavy atom. The van der Waals surface area contributed by atoms with Gasteiger partial charge in [-0.15, -0.1) is 0 Å². The third kappa shape index (κ3) is 16.7. The van der Waals surface area contributed by atoms with Gasteiger partial charge in [-0.3, -0.25) is 9.59 Å². The fourth-order valence-electron chi connectivity index (χ4n) is 3.63. The normalized spacial score (nSPS) is 11.8. The summed E-state index contributed by atoms with van der Waals surface area (Å²) in [6.45, 7) is 4.85. The van der Waals surface area contributed by atoms with Gasteiger partial charge in [0.15, 0.2) is 0 Å². The zero-order chi connectivity index (χ0) is 22.0. The van der Waals surface area contributed by atoms with Gasteiger partial charge in [-0.05, 0) is 32.1 Å². The lowest BCUT2D eigenvalue weighted by Gasteiger charge is -2.39. The van der Waals surface area contributed by atoms with E-state index >= 15 is 0 Å². The predicted molar refractivity (Wildman–Crippen MR) is 110 cm³/mol. The second-order valence-electron chi connectivity index (χ2n) is 7.82. The minimum atomic E-state index is -1.09. The van der Waals surface area contributed by atoms with Crippen molar-refractivity contribution in [2.45, 2.75) is 84.0 Å². The molecule has 0 radical (unpaired) electrons. The van der Waals surface area contributed by atoms with Gasteiger partial charge in [0.25, 0.3) is 0 Å². The molecular formula is C22H39NO6. The van der Waals surface area contributed by atoms with E-state index in [0.717, 1.165) is 32.2 Å². The molecule has 0 heterocycles. The number of hydrogen-bond acceptors (Lipinski definition) is 4. The van der Waals surface area contributed by atoms with E-state index in [1.807, 2.05) is 0 Å². The molecule has 0 aliphatic carbocycles. The highest BCUT2D eigenvalue weighted by Gasteiger charge is 2.26. The van der Waals surface area contributed by atoms with Gasteiger partial charge in [0.2, 0.25) is 0 Å². The van der Waals surface area contributed by atoms with Gasteiger partial charge in [0.05, 0.1) is 39.0 Å². The van der Waals surface area contributed by atoms with E-state index in [1.165, 1.54) is 12.8 Å². The summed E-state index contributed by atoms with van der Waals surface area (Å²) in [4.78, 5) is 32.7. The second kappa shape index (κ2) is 17.0. The Kier molecular flexibility index (Phi) is 15.9. The first-order chi connectivity index (χ1) is 13.8. The second-order valence-corrected chi connectivity index (χ2v) is 7.82. The molecule has 2 N–H and O–H groups in total. The van der Waals surface area contributed by atoms with E-state index in [0.29, 0.717) is 43.4 Å². The molecule has 0 saturated carbocycles. The van der Waals surface area contributed by atoms with Crippen molar-refractivity contribution < 1.29 is 34.2 Å². The number of allylic oxidation sites excluding steroid dienone is 2. The molecule has 0 fully saturated rings. The Labute approximate surface area is 175 Å². The van der Waals surface area contributed by atoms with Crippen LogP contribution >= 0.6 is 0 Å². The molecule has 0 amide bonds. The molecule has 0 aromatic carbocycles. The van der Waals surface area contributed by atoms with E-state index in [4.69, 9.17) is 10.2 Å². The van der Waals surface area contributed by atoms with Crippen LogP contribution in [0.5, 0.6) is 0 Å². The Morgan fingerprint density at radius 3 is 1.62 bits per heavy atom. The van der Waals surface area contributed by atoms with Gasteiger partial charge in [0.1, 0.15) is 0 Å². The summed E-state index contributed by atoms with van der Waals surface area (Å²) in [5.41, 5.74) is 0. The number of unbranched alkanes of at least 4 members (excludes halogenated alkanes) is 4. The highest BCUT2D eigenvalue weighted by molar-refractivity contribution is 5.66. The lowest BCUT2D eigenvalue weighted by molar-refractivity contribution is -0.929. The quantitative estimate of drug-likeness (QED) is 0.180. The lowest BCUT2D eigenvalue weighted by atomic mass is 10.1. The minimum Gasteiger partial charge on any atom is -0.550 e. The fraction of sp³-hybridized carbons (Fsp3) is 0.773. The van der Waals surface area contributed by atoms with Crippen LogP contribution in [0.25, 0.3) is 0 Å². The van der Waals surface area contributed by atoms with Crippen molar-refractivity contribution >= 4 is 17.9 Å². The molecule has 0 aliphatic heterocycles. The first-order valence-corrected chi connectivity index (χ1v) is 10.9. The highest BCUT2D eigenvalue weighted by atomic mass is 16.4. The summed E-state index contributed by atoms with van der Waals surface area (Å²) in [5.74, 6) is -2.78. The standard InChI is InChI=1S/C22H39NO6/c1-2-3-4-5-6-7-8-9-16-23(17-10-13-20(24)25,18-11-14-21(26)27)19-12-15-22(28)29/h5-6H,2-4,7-19H2,1H3,(H2-,24,25,26,27,28,29)/b6-5+. The first kappa shape index (κ1) is 27.1. The molecule has 0 spiro atoms. The first-order valence-electron chi connectivity index (χ1n) is 10.9. The molecule has 0 unspecified atom stereocenters. The van der Waals surface area contributed by atoms with Gasteiger partial charge >= 0.3 is 11.9 Å². The molecule has 0 aliphatic rings. The monoisotopic (exact) mass is 413 g/mol. The third-order valence-corrected chi connectivity index (χ3v) is 5.20. The number of aliphatic carboxylic acids is 3. The van der Waals surface area contributed by atoms with E-state index in [9.17, 15) is 19.5 Å². The van der Waals surface area contributed by atoms with Gasteiger partial charge in [0, 0.05) is 25.2 Å². The summed E-state index contributed by atoms with van der Waals surface area (Å²) >= 11 is 0. The van der Waals surface area contributed by atoms with Crippen LogP contribution in [0.1, 0.15) is 84.0 Å². The van der Waals surface area contributed by atoms with Crippen LogP contribution in [-0.2, 0) is 14.4 Å². The average Bonchev–Trinajstić information content (AvgIpc) is 2.63. The number of quaternary nitrogens is 1.